The summed E-state index contributed by atoms with van der Waals surface area (Å²) >= 11 is 1.44. The smallest absolute Gasteiger partial charge is 0.355 e. The second kappa shape index (κ2) is 21.5. The molecular weight excluding hydrogens is 951 g/mol. The zero-order valence-corrected chi connectivity index (χ0v) is 43.0. The zero-order chi connectivity index (χ0) is 50.9. The Morgan fingerprint density at radius 3 is 2.43 bits per heavy atom. The lowest BCUT2D eigenvalue weighted by Gasteiger charge is -2.34. The fraction of sp³-hybridized carbons (Fsp3) is 0.397. The maximum Gasteiger partial charge on any atom is 0.355 e. The molecule has 2 saturated heterocycles. The minimum atomic E-state index is -1.10. The number of anilines is 2. The molecule has 0 radical (unpaired) electrons. The molecule has 0 spiro atoms. The van der Waals surface area contributed by atoms with Crippen molar-refractivity contribution in [2.24, 2.45) is 13.0 Å². The number of thiazole rings is 1. The van der Waals surface area contributed by atoms with Crippen LogP contribution in [0.5, 0.6) is 5.75 Å². The Balaban J connectivity index is 0.637. The second-order valence-corrected chi connectivity index (χ2v) is 21.6. The Kier molecular flexibility index (Phi) is 14.3. The van der Waals surface area contributed by atoms with E-state index in [1.807, 2.05) is 91.9 Å². The molecule has 74 heavy (non-hydrogen) atoms. The molecule has 0 bridgehead atoms. The van der Waals surface area contributed by atoms with Gasteiger partial charge in [0, 0.05) is 63.9 Å². The van der Waals surface area contributed by atoms with Gasteiger partial charge in [0.15, 0.2) is 10.8 Å². The highest BCUT2D eigenvalue weighted by atomic mass is 32.1. The number of amides is 3. The SMILES string of the molecule is Cc1c(OC2CCC(CCCCN3CCN(Cc4nc5cc(C6CCC(=O)NC6=O)ccc5n4C)CC3)CC2)cccc1-c1ccc(N2CCc3cccc(C(=O)Nc4nc5ccccc5s4)c3C2)nc1C(=O)O. The number of piperidine rings is 1. The number of nitrogens with one attached hydrogen (secondary N) is 2. The number of benzene rings is 4. The van der Waals surface area contributed by atoms with Crippen molar-refractivity contribution in [3.05, 3.63) is 130 Å². The highest BCUT2D eigenvalue weighted by molar-refractivity contribution is 7.22. The molecule has 3 fully saturated rings. The van der Waals surface area contributed by atoms with Crippen molar-refractivity contribution < 1.29 is 29.0 Å². The third-order valence-corrected chi connectivity index (χ3v) is 16.9. The van der Waals surface area contributed by atoms with Crippen LogP contribution in [0.3, 0.4) is 0 Å². The summed E-state index contributed by atoms with van der Waals surface area (Å²) in [4.78, 5) is 72.2. The number of fused-ring (bicyclic) bond motifs is 3. The molecule has 11 rings (SSSR count). The molecule has 1 aliphatic carbocycles. The van der Waals surface area contributed by atoms with E-state index < -0.39 is 5.97 Å². The van der Waals surface area contributed by atoms with Gasteiger partial charge < -0.3 is 24.2 Å². The number of imide groups is 1. The van der Waals surface area contributed by atoms with E-state index in [2.05, 4.69) is 48.0 Å². The van der Waals surface area contributed by atoms with Crippen LogP contribution in [0.15, 0.2) is 91.0 Å². The van der Waals surface area contributed by atoms with Crippen molar-refractivity contribution in [3.63, 3.8) is 0 Å². The number of hydrogen-bond acceptors (Lipinski definition) is 12. The van der Waals surface area contributed by atoms with Gasteiger partial charge in [-0.1, -0.05) is 66.6 Å². The van der Waals surface area contributed by atoms with E-state index in [0.29, 0.717) is 60.3 Å². The Morgan fingerprint density at radius 2 is 1.62 bits per heavy atom. The largest absolute Gasteiger partial charge is 0.490 e. The minimum Gasteiger partial charge on any atom is -0.490 e. The van der Waals surface area contributed by atoms with E-state index >= 15 is 0 Å². The fourth-order valence-corrected chi connectivity index (χ4v) is 12.5. The third-order valence-electron chi connectivity index (χ3n) is 15.9. The van der Waals surface area contributed by atoms with Gasteiger partial charge in [-0.2, -0.15) is 0 Å². The average molecular weight is 1010 g/mol. The number of pyridine rings is 1. The number of rotatable bonds is 15. The van der Waals surface area contributed by atoms with Crippen LogP contribution in [0.25, 0.3) is 32.4 Å². The lowest BCUT2D eigenvalue weighted by Crippen LogP contribution is -2.46. The predicted octanol–water partition coefficient (Wildman–Crippen LogP) is 9.51. The quantitative estimate of drug-likeness (QED) is 0.0657. The highest BCUT2D eigenvalue weighted by Gasteiger charge is 2.30. The van der Waals surface area contributed by atoms with Crippen LogP contribution >= 0.6 is 11.3 Å². The topological polar surface area (TPSA) is 175 Å². The van der Waals surface area contributed by atoms with Crippen molar-refractivity contribution in [1.29, 1.82) is 0 Å². The van der Waals surface area contributed by atoms with Gasteiger partial charge in [-0.3, -0.25) is 29.9 Å². The van der Waals surface area contributed by atoms with Crippen LogP contribution in [0, 0.1) is 12.8 Å². The van der Waals surface area contributed by atoms with Crippen molar-refractivity contribution in [2.75, 3.05) is 49.5 Å². The molecular formula is C58H63N9O6S. The molecule has 3 aromatic heterocycles. The van der Waals surface area contributed by atoms with Gasteiger partial charge >= 0.3 is 5.97 Å². The number of imidazole rings is 1. The number of carbonyl (C=O) groups is 4. The predicted molar refractivity (Wildman–Crippen MR) is 288 cm³/mol. The van der Waals surface area contributed by atoms with Gasteiger partial charge in [0.25, 0.3) is 5.91 Å². The highest BCUT2D eigenvalue weighted by Crippen LogP contribution is 2.38. The van der Waals surface area contributed by atoms with Gasteiger partial charge in [-0.15, -0.1) is 0 Å². The van der Waals surface area contributed by atoms with Crippen molar-refractivity contribution in [1.82, 2.24) is 34.6 Å². The standard InChI is InChI=1S/C58H63N9O6S/c1-36-41(43-21-24-51(61-54(43)57(71)72)67-28-26-38-10-7-12-44(45(38)34-67)56(70)63-58-60-46-13-3-4-15-50(46)74-58)11-8-14-49(36)73-40-19-16-37(17-20-40)9-5-6-27-65-29-31-66(32-30-65)35-52-59-47-33-39(18-23-48(47)64(52)2)42-22-25-53(68)62-55(42)69/h3-4,7-8,10-15,18,21,23-24,33,37,40,42H,5-6,9,16-17,19-20,22,25-32,34-35H2,1-2H3,(H,71,72)(H,60,63,70)(H,62,68,69). The fourth-order valence-electron chi connectivity index (χ4n) is 11.6. The van der Waals surface area contributed by atoms with Crippen molar-refractivity contribution >= 4 is 67.2 Å². The lowest BCUT2D eigenvalue weighted by atomic mass is 9.84. The van der Waals surface area contributed by atoms with Crippen LogP contribution in [0.4, 0.5) is 10.9 Å². The summed E-state index contributed by atoms with van der Waals surface area (Å²) in [6.45, 7) is 9.09. The Bertz CT molecular complexity index is 3230. The molecule has 15 nitrogen and oxygen atoms in total. The zero-order valence-electron chi connectivity index (χ0n) is 42.1. The van der Waals surface area contributed by atoms with Gasteiger partial charge in [0.05, 0.1) is 39.8 Å². The average Bonchev–Trinajstić information content (AvgIpc) is 3.97. The van der Waals surface area contributed by atoms with E-state index in [0.717, 1.165) is 126 Å². The summed E-state index contributed by atoms with van der Waals surface area (Å²) in [5, 5.41) is 16.6. The number of carbonyl (C=O) groups excluding carboxylic acids is 3. The summed E-state index contributed by atoms with van der Waals surface area (Å²) < 4.78 is 9.85. The number of unbranched alkanes of at least 4 members (excludes halogenated alkanes) is 1. The molecule has 1 saturated carbocycles. The first-order valence-electron chi connectivity index (χ1n) is 26.3. The molecule has 3 amide bonds. The summed E-state index contributed by atoms with van der Waals surface area (Å²) in [5.74, 6) is 1.01. The van der Waals surface area contributed by atoms with E-state index in [9.17, 15) is 24.3 Å². The minimum absolute atomic E-state index is 0.0154. The monoisotopic (exact) mass is 1010 g/mol. The van der Waals surface area contributed by atoms with Gasteiger partial charge in [0.2, 0.25) is 11.8 Å². The molecule has 3 N–H and O–H groups in total. The van der Waals surface area contributed by atoms with Crippen LogP contribution in [-0.4, -0.2) is 103 Å². The molecule has 6 heterocycles. The number of aromatic nitrogens is 4. The number of aryl methyl sites for hydroxylation is 1. The lowest BCUT2D eigenvalue weighted by molar-refractivity contribution is -0.134. The maximum absolute atomic E-state index is 13.7. The summed E-state index contributed by atoms with van der Waals surface area (Å²) in [5.41, 5.74) is 8.48. The van der Waals surface area contributed by atoms with Crippen LogP contribution in [0.2, 0.25) is 0 Å². The number of carboxylic acid groups (broad SMARTS) is 1. The molecule has 4 aliphatic rings. The first kappa shape index (κ1) is 49.2. The number of piperazine rings is 1. The maximum atomic E-state index is 13.7. The van der Waals surface area contributed by atoms with E-state index in [-0.39, 0.29) is 35.4 Å². The molecule has 16 heteroatoms. The van der Waals surface area contributed by atoms with E-state index in [1.54, 1.807) is 0 Å². The molecule has 4 aromatic carbocycles. The number of hydrogen-bond donors (Lipinski definition) is 3. The number of ether oxygens (including phenoxy) is 1. The third kappa shape index (κ3) is 10.5. The number of nitrogens with zero attached hydrogens (tertiary/aromatic N) is 7. The van der Waals surface area contributed by atoms with Crippen molar-refractivity contribution in [3.8, 4) is 16.9 Å². The number of aromatic carboxylic acids is 1. The number of para-hydroxylation sites is 1. The van der Waals surface area contributed by atoms with E-state index in [1.165, 1.54) is 30.6 Å². The molecule has 1 unspecified atom stereocenters. The Hall–Kier alpha value is -7.01. The summed E-state index contributed by atoms with van der Waals surface area (Å²) in [6.07, 6.45) is 9.68. The van der Waals surface area contributed by atoms with Crippen molar-refractivity contribution in [2.45, 2.75) is 96.2 Å². The first-order chi connectivity index (χ1) is 36.0. The first-order valence-corrected chi connectivity index (χ1v) is 27.1. The van der Waals surface area contributed by atoms with Gasteiger partial charge in [-0.25, -0.2) is 19.7 Å². The Morgan fingerprint density at radius 1 is 0.811 bits per heavy atom. The van der Waals surface area contributed by atoms with Crippen LogP contribution in [0.1, 0.15) is 113 Å². The van der Waals surface area contributed by atoms with Gasteiger partial charge in [-0.05, 0) is 141 Å². The normalized spacial score (nSPS) is 19.6. The second-order valence-electron chi connectivity index (χ2n) is 20.6. The van der Waals surface area contributed by atoms with Crippen LogP contribution < -0.4 is 20.3 Å². The van der Waals surface area contributed by atoms with E-state index in [4.69, 9.17) is 14.7 Å². The summed E-state index contributed by atoms with van der Waals surface area (Å²) in [6, 6.07) is 29.3. The molecule has 382 valence electrons. The molecule has 3 aliphatic heterocycles. The molecule has 7 aromatic rings. The van der Waals surface area contributed by atoms with Gasteiger partial charge in [0.1, 0.15) is 17.4 Å². The number of carboxylic acids is 1. The summed E-state index contributed by atoms with van der Waals surface area (Å²) in [7, 11) is 2.06. The molecule has 1 atom stereocenters. The Labute approximate surface area is 435 Å². The van der Waals surface area contributed by atoms with Crippen LogP contribution in [-0.2, 0) is 36.1 Å².